The summed E-state index contributed by atoms with van der Waals surface area (Å²) in [6.45, 7) is 10.1. The van der Waals surface area contributed by atoms with Crippen LogP contribution < -0.4 is 5.32 Å². The van der Waals surface area contributed by atoms with Gasteiger partial charge >= 0.3 is 0 Å². The number of benzene rings is 1. The van der Waals surface area contributed by atoms with E-state index in [-0.39, 0.29) is 11.5 Å². The van der Waals surface area contributed by atoms with E-state index in [4.69, 9.17) is 0 Å². The van der Waals surface area contributed by atoms with E-state index < -0.39 is 10.0 Å². The highest BCUT2D eigenvalue weighted by Crippen LogP contribution is 2.24. The second-order valence-electron chi connectivity index (χ2n) is 6.49. The van der Waals surface area contributed by atoms with Crippen molar-refractivity contribution in [2.24, 2.45) is 0 Å². The molecule has 1 atom stereocenters. The van der Waals surface area contributed by atoms with Crippen LogP contribution in [0.4, 0.5) is 0 Å². The minimum atomic E-state index is -3.36. The highest BCUT2D eigenvalue weighted by atomic mass is 32.2. The Hall–Kier alpha value is -0.910. The van der Waals surface area contributed by atoms with E-state index in [1.54, 1.807) is 16.4 Å². The molecule has 1 heterocycles. The zero-order chi connectivity index (χ0) is 15.0. The van der Waals surface area contributed by atoms with Crippen LogP contribution in [-0.4, -0.2) is 38.4 Å². The lowest BCUT2D eigenvalue weighted by Crippen LogP contribution is -2.51. The monoisotopic (exact) mass is 296 g/mol. The van der Waals surface area contributed by atoms with Crippen LogP contribution in [-0.2, 0) is 15.4 Å². The molecule has 1 fully saturated rings. The molecule has 20 heavy (non-hydrogen) atoms. The minimum Gasteiger partial charge on any atom is -0.312 e. The smallest absolute Gasteiger partial charge is 0.243 e. The average Bonchev–Trinajstić information content (AvgIpc) is 2.38. The minimum absolute atomic E-state index is 0.0336. The molecule has 1 aromatic carbocycles. The molecule has 2 rings (SSSR count). The second kappa shape index (κ2) is 5.47. The Kier molecular flexibility index (Phi) is 4.23. The molecule has 1 aromatic rings. The summed E-state index contributed by atoms with van der Waals surface area (Å²) in [6, 6.07) is 7.48. The van der Waals surface area contributed by atoms with Crippen molar-refractivity contribution in [2.75, 3.05) is 19.6 Å². The highest BCUT2D eigenvalue weighted by molar-refractivity contribution is 7.89. The van der Waals surface area contributed by atoms with Crippen LogP contribution in [0.3, 0.4) is 0 Å². The van der Waals surface area contributed by atoms with Crippen molar-refractivity contribution in [2.45, 2.75) is 44.0 Å². The molecule has 4 nitrogen and oxygen atoms in total. The summed E-state index contributed by atoms with van der Waals surface area (Å²) in [5.41, 5.74) is 1.18. The van der Waals surface area contributed by atoms with Gasteiger partial charge in [0.05, 0.1) is 4.90 Å². The Labute approximate surface area is 122 Å². The van der Waals surface area contributed by atoms with Crippen LogP contribution in [0.15, 0.2) is 29.2 Å². The van der Waals surface area contributed by atoms with Gasteiger partial charge in [-0.1, -0.05) is 32.9 Å². The third kappa shape index (κ3) is 3.22. The lowest BCUT2D eigenvalue weighted by atomic mass is 9.87. The fraction of sp³-hybridized carbons (Fsp3) is 0.600. The van der Waals surface area contributed by atoms with E-state index in [0.29, 0.717) is 24.5 Å². The van der Waals surface area contributed by atoms with Crippen molar-refractivity contribution in [3.8, 4) is 0 Å². The largest absolute Gasteiger partial charge is 0.312 e. The Morgan fingerprint density at radius 2 is 1.80 bits per heavy atom. The van der Waals surface area contributed by atoms with E-state index in [9.17, 15) is 8.42 Å². The maximum Gasteiger partial charge on any atom is 0.243 e. The van der Waals surface area contributed by atoms with Gasteiger partial charge < -0.3 is 5.32 Å². The van der Waals surface area contributed by atoms with Crippen LogP contribution in [0.1, 0.15) is 33.3 Å². The van der Waals surface area contributed by atoms with Gasteiger partial charge in [0.15, 0.2) is 0 Å². The summed E-state index contributed by atoms with van der Waals surface area (Å²) in [5, 5.41) is 3.26. The Bertz CT molecular complexity index is 559. The summed E-state index contributed by atoms with van der Waals surface area (Å²) in [6.07, 6.45) is 0. The molecule has 1 aliphatic rings. The van der Waals surface area contributed by atoms with Crippen LogP contribution >= 0.6 is 0 Å². The van der Waals surface area contributed by atoms with Gasteiger partial charge in [0.25, 0.3) is 0 Å². The van der Waals surface area contributed by atoms with Crippen LogP contribution in [0.2, 0.25) is 0 Å². The number of sulfonamides is 1. The Morgan fingerprint density at radius 3 is 2.30 bits per heavy atom. The number of piperazine rings is 1. The van der Waals surface area contributed by atoms with Gasteiger partial charge in [-0.15, -0.1) is 0 Å². The first-order valence-electron chi connectivity index (χ1n) is 7.05. The van der Waals surface area contributed by atoms with E-state index in [2.05, 4.69) is 26.1 Å². The highest BCUT2D eigenvalue weighted by Gasteiger charge is 2.28. The topological polar surface area (TPSA) is 49.4 Å². The van der Waals surface area contributed by atoms with Crippen molar-refractivity contribution < 1.29 is 8.42 Å². The van der Waals surface area contributed by atoms with Crippen molar-refractivity contribution in [1.82, 2.24) is 9.62 Å². The Balaban J connectivity index is 2.26. The predicted molar refractivity (Wildman–Crippen MR) is 81.4 cm³/mol. The SMILES string of the molecule is C[C@@H]1CN(S(=O)(=O)c2ccc(C(C)(C)C)cc2)CCN1. The molecule has 112 valence electrons. The van der Waals surface area contributed by atoms with E-state index in [0.717, 1.165) is 5.56 Å². The van der Waals surface area contributed by atoms with Crippen molar-refractivity contribution in [1.29, 1.82) is 0 Å². The number of nitrogens with zero attached hydrogens (tertiary/aromatic N) is 1. The third-order valence-corrected chi connectivity index (χ3v) is 5.57. The quantitative estimate of drug-likeness (QED) is 0.907. The van der Waals surface area contributed by atoms with Gasteiger partial charge in [-0.25, -0.2) is 8.42 Å². The van der Waals surface area contributed by atoms with Crippen molar-refractivity contribution >= 4 is 10.0 Å². The number of nitrogens with one attached hydrogen (secondary N) is 1. The lowest BCUT2D eigenvalue weighted by molar-refractivity contribution is 0.310. The molecular weight excluding hydrogens is 272 g/mol. The van der Waals surface area contributed by atoms with Crippen molar-refractivity contribution in [3.63, 3.8) is 0 Å². The summed E-state index contributed by atoms with van der Waals surface area (Å²) >= 11 is 0. The molecule has 0 saturated carbocycles. The van der Waals surface area contributed by atoms with E-state index in [1.165, 1.54) is 0 Å². The molecule has 0 aliphatic carbocycles. The standard InChI is InChI=1S/C15H24N2O2S/c1-12-11-17(10-9-16-12)20(18,19)14-7-5-13(6-8-14)15(2,3)4/h5-8,12,16H,9-11H2,1-4H3/t12-/m1/s1. The maximum absolute atomic E-state index is 12.6. The molecule has 0 spiro atoms. The first-order chi connectivity index (χ1) is 9.21. The zero-order valence-corrected chi connectivity index (χ0v) is 13.5. The van der Waals surface area contributed by atoms with Gasteiger partial charge in [0.2, 0.25) is 10.0 Å². The molecule has 0 aromatic heterocycles. The third-order valence-electron chi connectivity index (χ3n) is 3.69. The first kappa shape index (κ1) is 15.5. The van der Waals surface area contributed by atoms with Gasteiger partial charge in [-0.05, 0) is 30.0 Å². The van der Waals surface area contributed by atoms with Gasteiger partial charge in [0, 0.05) is 25.7 Å². The first-order valence-corrected chi connectivity index (χ1v) is 8.49. The molecule has 0 bridgehead atoms. The fourth-order valence-corrected chi connectivity index (χ4v) is 3.92. The lowest BCUT2D eigenvalue weighted by Gasteiger charge is -2.31. The van der Waals surface area contributed by atoms with Gasteiger partial charge in [-0.3, -0.25) is 0 Å². The molecule has 0 amide bonds. The predicted octanol–water partition coefficient (Wildman–Crippen LogP) is 1.97. The summed E-state index contributed by atoms with van der Waals surface area (Å²) in [7, 11) is -3.36. The molecule has 0 unspecified atom stereocenters. The van der Waals surface area contributed by atoms with Gasteiger partial charge in [0.1, 0.15) is 0 Å². The summed E-state index contributed by atoms with van der Waals surface area (Å²) in [4.78, 5) is 0.389. The summed E-state index contributed by atoms with van der Waals surface area (Å²) < 4.78 is 26.8. The summed E-state index contributed by atoms with van der Waals surface area (Å²) in [5.74, 6) is 0. The molecule has 5 heteroatoms. The van der Waals surface area contributed by atoms with Gasteiger partial charge in [-0.2, -0.15) is 4.31 Å². The normalized spacial score (nSPS) is 21.9. The molecule has 1 aliphatic heterocycles. The second-order valence-corrected chi connectivity index (χ2v) is 8.43. The Morgan fingerprint density at radius 1 is 1.20 bits per heavy atom. The average molecular weight is 296 g/mol. The van der Waals surface area contributed by atoms with Crippen LogP contribution in [0.25, 0.3) is 0 Å². The number of hydrogen-bond donors (Lipinski definition) is 1. The number of rotatable bonds is 2. The van der Waals surface area contributed by atoms with Crippen molar-refractivity contribution in [3.05, 3.63) is 29.8 Å². The van der Waals surface area contributed by atoms with Crippen LogP contribution in [0, 0.1) is 0 Å². The van der Waals surface area contributed by atoms with Crippen LogP contribution in [0.5, 0.6) is 0 Å². The number of hydrogen-bond acceptors (Lipinski definition) is 3. The molecule has 1 N–H and O–H groups in total. The molecule has 1 saturated heterocycles. The fourth-order valence-electron chi connectivity index (χ4n) is 2.39. The molecular formula is C15H24N2O2S. The maximum atomic E-state index is 12.6. The molecule has 0 radical (unpaired) electrons. The van der Waals surface area contributed by atoms with E-state index in [1.807, 2.05) is 19.1 Å². The van der Waals surface area contributed by atoms with E-state index >= 15 is 0 Å². The zero-order valence-electron chi connectivity index (χ0n) is 12.7.